The molecule has 2 aliphatic rings. The Morgan fingerprint density at radius 3 is 2.77 bits per heavy atom. The summed E-state index contributed by atoms with van der Waals surface area (Å²) in [6, 6.07) is 0. The molecule has 0 radical (unpaired) electrons. The molecule has 4 heteroatoms. The zero-order valence-corrected chi connectivity index (χ0v) is 8.01. The van der Waals surface area contributed by atoms with Crippen molar-refractivity contribution >= 4 is 6.09 Å². The number of hydrogen-bond donors (Lipinski definition) is 1. The van der Waals surface area contributed by atoms with Crippen LogP contribution in [0.1, 0.15) is 19.8 Å². The van der Waals surface area contributed by atoms with E-state index in [1.165, 1.54) is 12.8 Å². The van der Waals surface area contributed by atoms with Crippen LogP contribution in [0.5, 0.6) is 0 Å². The molecule has 1 atom stereocenters. The van der Waals surface area contributed by atoms with Crippen LogP contribution in [0.4, 0.5) is 4.79 Å². The van der Waals surface area contributed by atoms with Crippen LogP contribution < -0.4 is 5.32 Å². The smallest absolute Gasteiger partial charge is 0.407 e. The monoisotopic (exact) mass is 184 g/mol. The van der Waals surface area contributed by atoms with Gasteiger partial charge in [-0.25, -0.2) is 4.79 Å². The van der Waals surface area contributed by atoms with Gasteiger partial charge in [0.1, 0.15) is 6.61 Å². The Morgan fingerprint density at radius 1 is 1.54 bits per heavy atom. The standard InChI is InChI=1S/C9H16N2O2/c1-9(7-13-8(12)10-9)6-11-4-2-3-5-11/h2-7H2,1H3,(H,10,12). The molecule has 1 amide bonds. The number of likely N-dealkylation sites (tertiary alicyclic amines) is 1. The van der Waals surface area contributed by atoms with Crippen LogP contribution >= 0.6 is 0 Å². The van der Waals surface area contributed by atoms with Crippen LogP contribution in [-0.2, 0) is 4.74 Å². The van der Waals surface area contributed by atoms with Gasteiger partial charge >= 0.3 is 6.09 Å². The number of carbonyl (C=O) groups excluding carboxylic acids is 1. The number of ether oxygens (including phenoxy) is 1. The number of nitrogens with zero attached hydrogens (tertiary/aromatic N) is 1. The zero-order chi connectivity index (χ0) is 9.31. The molecule has 0 spiro atoms. The van der Waals surface area contributed by atoms with Gasteiger partial charge in [-0.2, -0.15) is 0 Å². The fourth-order valence-electron chi connectivity index (χ4n) is 2.06. The van der Waals surface area contributed by atoms with Gasteiger partial charge in [0.25, 0.3) is 0 Å². The summed E-state index contributed by atoms with van der Waals surface area (Å²) >= 11 is 0. The van der Waals surface area contributed by atoms with E-state index in [2.05, 4.69) is 10.2 Å². The van der Waals surface area contributed by atoms with Gasteiger partial charge in [-0.3, -0.25) is 0 Å². The molecule has 1 unspecified atom stereocenters. The van der Waals surface area contributed by atoms with Gasteiger partial charge in [-0.15, -0.1) is 0 Å². The van der Waals surface area contributed by atoms with Gasteiger partial charge in [0.05, 0.1) is 5.54 Å². The Balaban J connectivity index is 1.88. The number of nitrogens with one attached hydrogen (secondary N) is 1. The highest BCUT2D eigenvalue weighted by Crippen LogP contribution is 2.17. The number of alkyl carbamates (subject to hydrolysis) is 1. The SMILES string of the molecule is CC1(CN2CCCC2)COC(=O)N1. The van der Waals surface area contributed by atoms with Crippen molar-refractivity contribution in [2.45, 2.75) is 25.3 Å². The summed E-state index contributed by atoms with van der Waals surface area (Å²) < 4.78 is 4.90. The molecule has 74 valence electrons. The van der Waals surface area contributed by atoms with Gasteiger partial charge in [-0.05, 0) is 32.9 Å². The van der Waals surface area contributed by atoms with E-state index in [4.69, 9.17) is 4.74 Å². The van der Waals surface area contributed by atoms with Gasteiger partial charge in [0.2, 0.25) is 0 Å². The highest BCUT2D eigenvalue weighted by Gasteiger charge is 2.36. The lowest BCUT2D eigenvalue weighted by atomic mass is 10.0. The van der Waals surface area contributed by atoms with Crippen molar-refractivity contribution < 1.29 is 9.53 Å². The van der Waals surface area contributed by atoms with Gasteiger partial charge < -0.3 is 15.0 Å². The Bertz CT molecular complexity index is 214. The minimum Gasteiger partial charge on any atom is -0.447 e. The lowest BCUT2D eigenvalue weighted by Gasteiger charge is -2.27. The van der Waals surface area contributed by atoms with E-state index in [0.29, 0.717) is 6.61 Å². The van der Waals surface area contributed by atoms with E-state index < -0.39 is 0 Å². The summed E-state index contributed by atoms with van der Waals surface area (Å²) in [5.41, 5.74) is -0.165. The van der Waals surface area contributed by atoms with Crippen LogP contribution in [0.3, 0.4) is 0 Å². The molecular weight excluding hydrogens is 168 g/mol. The molecule has 0 bridgehead atoms. The van der Waals surface area contributed by atoms with Crippen molar-refractivity contribution in [1.29, 1.82) is 0 Å². The van der Waals surface area contributed by atoms with Crippen molar-refractivity contribution in [3.05, 3.63) is 0 Å². The van der Waals surface area contributed by atoms with Gasteiger partial charge in [-0.1, -0.05) is 0 Å². The molecule has 0 aliphatic carbocycles. The van der Waals surface area contributed by atoms with E-state index in [-0.39, 0.29) is 11.6 Å². The molecule has 0 aromatic carbocycles. The Kier molecular flexibility index (Phi) is 2.15. The summed E-state index contributed by atoms with van der Waals surface area (Å²) in [6.07, 6.45) is 2.29. The number of hydrogen-bond acceptors (Lipinski definition) is 3. The highest BCUT2D eigenvalue weighted by atomic mass is 16.6. The van der Waals surface area contributed by atoms with E-state index in [0.717, 1.165) is 19.6 Å². The van der Waals surface area contributed by atoms with Crippen molar-refractivity contribution in [2.24, 2.45) is 0 Å². The van der Waals surface area contributed by atoms with Crippen LogP contribution in [0, 0.1) is 0 Å². The van der Waals surface area contributed by atoms with Crippen molar-refractivity contribution in [2.75, 3.05) is 26.2 Å². The fraction of sp³-hybridized carbons (Fsp3) is 0.889. The molecule has 2 rings (SSSR count). The largest absolute Gasteiger partial charge is 0.447 e. The first-order valence-corrected chi connectivity index (χ1v) is 4.85. The molecule has 2 saturated heterocycles. The minimum atomic E-state index is -0.276. The first-order valence-electron chi connectivity index (χ1n) is 4.85. The van der Waals surface area contributed by atoms with Crippen LogP contribution in [0.2, 0.25) is 0 Å². The third-order valence-corrected chi connectivity index (χ3v) is 2.70. The molecular formula is C9H16N2O2. The molecule has 4 nitrogen and oxygen atoms in total. The van der Waals surface area contributed by atoms with Crippen LogP contribution in [0.15, 0.2) is 0 Å². The van der Waals surface area contributed by atoms with Gasteiger partial charge in [0, 0.05) is 6.54 Å². The van der Waals surface area contributed by atoms with Crippen LogP contribution in [0.25, 0.3) is 0 Å². The molecule has 13 heavy (non-hydrogen) atoms. The molecule has 2 fully saturated rings. The first kappa shape index (κ1) is 8.81. The zero-order valence-electron chi connectivity index (χ0n) is 8.01. The summed E-state index contributed by atoms with van der Waals surface area (Å²) in [6.45, 7) is 5.77. The molecule has 0 saturated carbocycles. The predicted molar refractivity (Wildman–Crippen MR) is 48.6 cm³/mol. The molecule has 2 aliphatic heterocycles. The lowest BCUT2D eigenvalue weighted by molar-refractivity contribution is 0.166. The van der Waals surface area contributed by atoms with Crippen molar-refractivity contribution in [3.8, 4) is 0 Å². The second-order valence-corrected chi connectivity index (χ2v) is 4.25. The Morgan fingerprint density at radius 2 is 2.23 bits per heavy atom. The third kappa shape index (κ3) is 1.94. The normalized spacial score (nSPS) is 34.7. The summed E-state index contributed by atoms with van der Waals surface area (Å²) in [5.74, 6) is 0. The van der Waals surface area contributed by atoms with E-state index in [1.54, 1.807) is 0 Å². The van der Waals surface area contributed by atoms with Crippen LogP contribution in [-0.4, -0.2) is 42.8 Å². The maximum Gasteiger partial charge on any atom is 0.407 e. The summed E-state index contributed by atoms with van der Waals surface area (Å²) in [7, 11) is 0. The molecule has 1 N–H and O–H groups in total. The average molecular weight is 184 g/mol. The third-order valence-electron chi connectivity index (χ3n) is 2.70. The maximum atomic E-state index is 10.9. The molecule has 0 aromatic rings. The summed E-state index contributed by atoms with van der Waals surface area (Å²) in [5, 5.41) is 2.85. The second kappa shape index (κ2) is 3.18. The number of carbonyl (C=O) groups is 1. The number of amides is 1. The summed E-state index contributed by atoms with van der Waals surface area (Å²) in [4.78, 5) is 13.3. The second-order valence-electron chi connectivity index (χ2n) is 4.25. The van der Waals surface area contributed by atoms with Crippen molar-refractivity contribution in [3.63, 3.8) is 0 Å². The topological polar surface area (TPSA) is 41.6 Å². The molecule has 0 aromatic heterocycles. The van der Waals surface area contributed by atoms with Gasteiger partial charge in [0.15, 0.2) is 0 Å². The average Bonchev–Trinajstić information content (AvgIpc) is 2.62. The minimum absolute atomic E-state index is 0.165. The van der Waals surface area contributed by atoms with E-state index >= 15 is 0 Å². The Hall–Kier alpha value is -0.770. The fourth-order valence-corrected chi connectivity index (χ4v) is 2.06. The van der Waals surface area contributed by atoms with Crippen molar-refractivity contribution in [1.82, 2.24) is 10.2 Å². The highest BCUT2D eigenvalue weighted by molar-refractivity contribution is 5.70. The van der Waals surface area contributed by atoms with E-state index in [1.807, 2.05) is 6.92 Å². The predicted octanol–water partition coefficient (Wildman–Crippen LogP) is 0.581. The molecule has 2 heterocycles. The first-order chi connectivity index (χ1) is 6.18. The Labute approximate surface area is 78.2 Å². The van der Waals surface area contributed by atoms with E-state index in [9.17, 15) is 4.79 Å². The quantitative estimate of drug-likeness (QED) is 0.682. The number of rotatable bonds is 2. The number of cyclic esters (lactones) is 1. The lowest BCUT2D eigenvalue weighted by Crippen LogP contribution is -2.49. The maximum absolute atomic E-state index is 10.9.